The van der Waals surface area contributed by atoms with Gasteiger partial charge in [0.25, 0.3) is 15.9 Å². The minimum absolute atomic E-state index is 0. The summed E-state index contributed by atoms with van der Waals surface area (Å²) in [5.74, 6) is -0.702. The minimum Gasteiger partial charge on any atom is -0.338 e. The van der Waals surface area contributed by atoms with Crippen LogP contribution in [-0.2, 0) is 10.0 Å². The number of benzene rings is 2. The van der Waals surface area contributed by atoms with Gasteiger partial charge in [-0.05, 0) is 61.9 Å². The number of rotatable bonds is 6. The molecule has 1 unspecified atom stereocenters. The predicted octanol–water partition coefficient (Wildman–Crippen LogP) is 2.78. The van der Waals surface area contributed by atoms with Gasteiger partial charge in [0.05, 0.1) is 4.90 Å². The number of nitrogens with zero attached hydrogens (tertiary/aromatic N) is 1. The number of anilines is 1. The number of sulfonamides is 1. The van der Waals surface area contributed by atoms with Crippen molar-refractivity contribution in [3.63, 3.8) is 0 Å². The van der Waals surface area contributed by atoms with Crippen LogP contribution in [0.2, 0.25) is 0 Å². The predicted molar refractivity (Wildman–Crippen MR) is 106 cm³/mol. The Kier molecular flexibility index (Phi) is 7.77. The summed E-state index contributed by atoms with van der Waals surface area (Å²) < 4.78 is 40.5. The van der Waals surface area contributed by atoms with Crippen LogP contribution in [0.1, 0.15) is 22.8 Å². The second kappa shape index (κ2) is 9.16. The monoisotopic (exact) mass is 415 g/mol. The van der Waals surface area contributed by atoms with Crippen molar-refractivity contribution < 1.29 is 17.6 Å². The van der Waals surface area contributed by atoms with Crippen molar-refractivity contribution in [2.75, 3.05) is 18.3 Å². The average molecular weight is 416 g/mol. The lowest BCUT2D eigenvalue weighted by atomic mass is 10.1. The summed E-state index contributed by atoms with van der Waals surface area (Å²) in [7, 11) is -2.20. The van der Waals surface area contributed by atoms with Crippen LogP contribution in [0.25, 0.3) is 0 Å². The number of aryl methyl sites for hydroxylation is 1. The van der Waals surface area contributed by atoms with Crippen molar-refractivity contribution in [1.82, 2.24) is 4.90 Å². The van der Waals surface area contributed by atoms with Crippen molar-refractivity contribution in [2.45, 2.75) is 24.8 Å². The largest absolute Gasteiger partial charge is 0.338 e. The van der Waals surface area contributed by atoms with E-state index in [1.54, 1.807) is 7.05 Å². The third-order valence-electron chi connectivity index (χ3n) is 4.13. The molecule has 0 bridgehead atoms. The maximum Gasteiger partial charge on any atom is 0.262 e. The van der Waals surface area contributed by atoms with Crippen molar-refractivity contribution in [3.05, 3.63) is 59.4 Å². The Bertz CT molecular complexity index is 905. The van der Waals surface area contributed by atoms with Crippen LogP contribution >= 0.6 is 12.4 Å². The second-order valence-electron chi connectivity index (χ2n) is 6.09. The Labute approximate surface area is 165 Å². The molecule has 2 aromatic carbocycles. The number of carbonyl (C=O) groups is 1. The molecule has 2 rings (SSSR count). The summed E-state index contributed by atoms with van der Waals surface area (Å²) in [4.78, 5) is 13.9. The van der Waals surface area contributed by atoms with Gasteiger partial charge < -0.3 is 10.6 Å². The van der Waals surface area contributed by atoms with Crippen LogP contribution in [0, 0.1) is 12.7 Å². The molecule has 0 aliphatic carbocycles. The molecule has 0 saturated carbocycles. The molecule has 0 aliphatic heterocycles. The summed E-state index contributed by atoms with van der Waals surface area (Å²) in [6.07, 6.45) is 0. The molecule has 1 atom stereocenters. The maximum atomic E-state index is 13.2. The van der Waals surface area contributed by atoms with E-state index in [4.69, 9.17) is 5.73 Å². The fourth-order valence-electron chi connectivity index (χ4n) is 2.37. The van der Waals surface area contributed by atoms with Gasteiger partial charge in [0.1, 0.15) is 5.82 Å². The molecule has 0 fully saturated rings. The summed E-state index contributed by atoms with van der Waals surface area (Å²) in [5, 5.41) is 0. The van der Waals surface area contributed by atoms with Crippen LogP contribution in [0.4, 0.5) is 10.1 Å². The lowest BCUT2D eigenvalue weighted by Gasteiger charge is -2.23. The lowest BCUT2D eigenvalue weighted by molar-refractivity contribution is 0.0748. The molecule has 0 aliphatic rings. The number of nitrogens with one attached hydrogen (secondary N) is 1. The quantitative estimate of drug-likeness (QED) is 0.758. The van der Waals surface area contributed by atoms with E-state index < -0.39 is 15.8 Å². The van der Waals surface area contributed by atoms with Crippen molar-refractivity contribution in [3.8, 4) is 0 Å². The molecule has 9 heteroatoms. The van der Waals surface area contributed by atoms with Crippen molar-refractivity contribution in [2.24, 2.45) is 5.73 Å². The lowest BCUT2D eigenvalue weighted by Crippen LogP contribution is -2.39. The van der Waals surface area contributed by atoms with Gasteiger partial charge in [-0.1, -0.05) is 0 Å². The fraction of sp³-hybridized carbons (Fsp3) is 0.278. The molecule has 0 saturated heterocycles. The van der Waals surface area contributed by atoms with Gasteiger partial charge in [-0.2, -0.15) is 0 Å². The number of halogens is 2. The zero-order valence-electron chi connectivity index (χ0n) is 15.3. The van der Waals surface area contributed by atoms with E-state index in [0.717, 1.165) is 12.1 Å². The highest BCUT2D eigenvalue weighted by atomic mass is 35.5. The highest BCUT2D eigenvalue weighted by molar-refractivity contribution is 7.92. The Balaban J connectivity index is 0.00000364. The van der Waals surface area contributed by atoms with Gasteiger partial charge in [-0.3, -0.25) is 9.52 Å². The van der Waals surface area contributed by atoms with Crippen LogP contribution in [0.5, 0.6) is 0 Å². The van der Waals surface area contributed by atoms with E-state index in [9.17, 15) is 17.6 Å². The van der Waals surface area contributed by atoms with Crippen LogP contribution in [-0.4, -0.2) is 38.9 Å². The fourth-order valence-corrected chi connectivity index (χ4v) is 3.65. The third kappa shape index (κ3) is 5.41. The van der Waals surface area contributed by atoms with Crippen LogP contribution in [0.15, 0.2) is 47.4 Å². The Morgan fingerprint density at radius 3 is 2.33 bits per heavy atom. The van der Waals surface area contributed by atoms with Gasteiger partial charge in [-0.25, -0.2) is 12.8 Å². The molecule has 2 aromatic rings. The van der Waals surface area contributed by atoms with E-state index in [2.05, 4.69) is 4.72 Å². The van der Waals surface area contributed by atoms with Crippen molar-refractivity contribution >= 4 is 34.0 Å². The summed E-state index contributed by atoms with van der Waals surface area (Å²) in [6, 6.07) is 9.45. The Morgan fingerprint density at radius 2 is 1.81 bits per heavy atom. The normalized spacial score (nSPS) is 12.0. The Morgan fingerprint density at radius 1 is 1.22 bits per heavy atom. The topological polar surface area (TPSA) is 92.5 Å². The molecule has 0 heterocycles. The van der Waals surface area contributed by atoms with E-state index in [1.807, 2.05) is 6.92 Å². The first-order chi connectivity index (χ1) is 12.2. The standard InChI is InChI=1S/C18H22FN3O3S.ClH/c1-12-10-15(19)6-9-17(12)26(24,25)21-16-7-4-14(5-8-16)18(23)22(3)13(2)11-20;/h4-10,13,21H,11,20H2,1-3H3;1H. The molecule has 1 amide bonds. The van der Waals surface area contributed by atoms with E-state index in [-0.39, 0.29) is 29.3 Å². The van der Waals surface area contributed by atoms with E-state index >= 15 is 0 Å². The molecule has 0 radical (unpaired) electrons. The highest BCUT2D eigenvalue weighted by Crippen LogP contribution is 2.21. The van der Waals surface area contributed by atoms with Gasteiger partial charge in [0, 0.05) is 30.9 Å². The molecular formula is C18H23ClFN3O3S. The minimum atomic E-state index is -3.86. The third-order valence-corrected chi connectivity index (χ3v) is 5.67. The number of hydrogen-bond donors (Lipinski definition) is 2. The first-order valence-corrected chi connectivity index (χ1v) is 9.50. The molecule has 0 spiro atoms. The van der Waals surface area contributed by atoms with Crippen molar-refractivity contribution in [1.29, 1.82) is 0 Å². The number of hydrogen-bond acceptors (Lipinski definition) is 4. The molecule has 148 valence electrons. The Hall–Kier alpha value is -2.16. The number of amides is 1. The SMILES string of the molecule is Cc1cc(F)ccc1S(=O)(=O)Nc1ccc(C(=O)N(C)C(C)CN)cc1.Cl. The number of carbonyl (C=O) groups excluding carboxylic acids is 1. The maximum absolute atomic E-state index is 13.2. The zero-order chi connectivity index (χ0) is 19.5. The molecule has 0 aromatic heterocycles. The van der Waals surface area contributed by atoms with Gasteiger partial charge in [-0.15, -0.1) is 12.4 Å². The van der Waals surface area contributed by atoms with Gasteiger partial charge in [0.15, 0.2) is 0 Å². The first-order valence-electron chi connectivity index (χ1n) is 8.02. The number of likely N-dealkylation sites (N-methyl/N-ethyl adjacent to an activating group) is 1. The highest BCUT2D eigenvalue weighted by Gasteiger charge is 2.19. The van der Waals surface area contributed by atoms with Gasteiger partial charge in [0.2, 0.25) is 0 Å². The average Bonchev–Trinajstić information content (AvgIpc) is 2.59. The summed E-state index contributed by atoms with van der Waals surface area (Å²) in [5.41, 5.74) is 6.60. The van der Waals surface area contributed by atoms with Crippen LogP contribution < -0.4 is 10.5 Å². The smallest absolute Gasteiger partial charge is 0.262 e. The molecule has 6 nitrogen and oxygen atoms in total. The molecule has 27 heavy (non-hydrogen) atoms. The van der Waals surface area contributed by atoms with Gasteiger partial charge >= 0.3 is 0 Å². The number of nitrogens with two attached hydrogens (primary N) is 1. The van der Waals surface area contributed by atoms with E-state index in [0.29, 0.717) is 23.4 Å². The second-order valence-corrected chi connectivity index (χ2v) is 7.74. The summed E-state index contributed by atoms with van der Waals surface area (Å²) >= 11 is 0. The zero-order valence-corrected chi connectivity index (χ0v) is 16.9. The molecular weight excluding hydrogens is 393 g/mol. The first kappa shape index (κ1) is 22.9. The van der Waals surface area contributed by atoms with E-state index in [1.165, 1.54) is 42.2 Å². The summed E-state index contributed by atoms with van der Waals surface area (Å²) in [6.45, 7) is 3.70. The van der Waals surface area contributed by atoms with Crippen LogP contribution in [0.3, 0.4) is 0 Å². The molecule has 3 N–H and O–H groups in total.